The zero-order chi connectivity index (χ0) is 15.5. The van der Waals surface area contributed by atoms with Gasteiger partial charge in [-0.1, -0.05) is 18.2 Å². The fourth-order valence-corrected chi connectivity index (χ4v) is 4.70. The number of thiophene rings is 1. The van der Waals surface area contributed by atoms with Crippen LogP contribution in [-0.4, -0.2) is 42.2 Å². The Hall–Kier alpha value is -1.27. The van der Waals surface area contributed by atoms with E-state index in [2.05, 4.69) is 48.2 Å². The predicted octanol–water partition coefficient (Wildman–Crippen LogP) is 3.59. The summed E-state index contributed by atoms with van der Waals surface area (Å²) in [5.74, 6) is -0.0201. The molecule has 1 atom stereocenters. The van der Waals surface area contributed by atoms with Gasteiger partial charge in [-0.15, -0.1) is 22.7 Å². The predicted molar refractivity (Wildman–Crippen MR) is 95.1 cm³/mol. The Morgan fingerprint density at radius 1 is 1.27 bits per heavy atom. The van der Waals surface area contributed by atoms with E-state index in [-0.39, 0.29) is 12.5 Å². The van der Waals surface area contributed by atoms with Crippen molar-refractivity contribution in [3.05, 3.63) is 51.3 Å². The zero-order valence-corrected chi connectivity index (χ0v) is 14.5. The summed E-state index contributed by atoms with van der Waals surface area (Å²) in [7, 11) is 4.19. The van der Waals surface area contributed by atoms with E-state index in [1.807, 2.05) is 22.9 Å². The number of nitrogens with zero attached hydrogens (tertiary/aromatic N) is 2. The molecule has 22 heavy (non-hydrogen) atoms. The number of likely N-dealkylation sites (N-methyl/N-ethyl adjacent to an activating group) is 1. The number of hydrogen-bond acceptors (Lipinski definition) is 5. The van der Waals surface area contributed by atoms with Gasteiger partial charge in [0.1, 0.15) is 5.01 Å². The fraction of sp³-hybridized carbons (Fsp3) is 0.353. The van der Waals surface area contributed by atoms with Crippen LogP contribution in [0.15, 0.2) is 35.8 Å². The molecule has 1 aromatic carbocycles. The number of aliphatic hydroxyl groups excluding tert-OH is 1. The van der Waals surface area contributed by atoms with Gasteiger partial charge in [-0.25, -0.2) is 4.98 Å². The molecule has 5 heteroatoms. The van der Waals surface area contributed by atoms with Gasteiger partial charge >= 0.3 is 0 Å². The third-order valence-corrected chi connectivity index (χ3v) is 5.91. The molecule has 0 aliphatic carbocycles. The number of aliphatic hydroxyl groups is 1. The van der Waals surface area contributed by atoms with Crippen LogP contribution in [0.25, 0.3) is 10.1 Å². The summed E-state index contributed by atoms with van der Waals surface area (Å²) in [5.41, 5.74) is 1.26. The molecule has 0 aliphatic rings. The van der Waals surface area contributed by atoms with Gasteiger partial charge in [0.05, 0.1) is 12.5 Å². The molecule has 0 spiro atoms. The minimum absolute atomic E-state index is 0.0201. The Morgan fingerprint density at radius 2 is 2.09 bits per heavy atom. The maximum atomic E-state index is 9.99. The van der Waals surface area contributed by atoms with E-state index < -0.39 is 0 Å². The van der Waals surface area contributed by atoms with Crippen molar-refractivity contribution in [2.75, 3.05) is 27.2 Å². The second-order valence-electron chi connectivity index (χ2n) is 5.59. The van der Waals surface area contributed by atoms with E-state index in [0.29, 0.717) is 0 Å². The first kappa shape index (κ1) is 15.6. The van der Waals surface area contributed by atoms with Crippen molar-refractivity contribution in [3.63, 3.8) is 0 Å². The van der Waals surface area contributed by atoms with E-state index in [1.54, 1.807) is 11.3 Å². The Bertz CT molecular complexity index is 734. The molecule has 116 valence electrons. The lowest BCUT2D eigenvalue weighted by atomic mass is 9.96. The highest BCUT2D eigenvalue weighted by Gasteiger charge is 2.23. The first-order chi connectivity index (χ1) is 10.7. The summed E-state index contributed by atoms with van der Waals surface area (Å²) in [6.07, 6.45) is 2.82. The van der Waals surface area contributed by atoms with Crippen molar-refractivity contribution in [2.24, 2.45) is 0 Å². The lowest BCUT2D eigenvalue weighted by Crippen LogP contribution is -2.16. The van der Waals surface area contributed by atoms with Crippen LogP contribution in [0.5, 0.6) is 0 Å². The Morgan fingerprint density at radius 3 is 2.77 bits per heavy atom. The molecule has 0 aliphatic heterocycles. The highest BCUT2D eigenvalue weighted by atomic mass is 32.1. The second-order valence-corrected chi connectivity index (χ2v) is 7.66. The highest BCUT2D eigenvalue weighted by molar-refractivity contribution is 7.19. The van der Waals surface area contributed by atoms with Crippen LogP contribution in [0.2, 0.25) is 0 Å². The molecule has 0 radical (unpaired) electrons. The Balaban J connectivity index is 2.10. The Kier molecular flexibility index (Phi) is 4.88. The first-order valence-corrected chi connectivity index (χ1v) is 9.05. The summed E-state index contributed by atoms with van der Waals surface area (Å²) in [6, 6.07) is 8.48. The van der Waals surface area contributed by atoms with Gasteiger partial charge in [0.2, 0.25) is 0 Å². The third-order valence-electron chi connectivity index (χ3n) is 3.78. The third kappa shape index (κ3) is 3.08. The second kappa shape index (κ2) is 6.87. The van der Waals surface area contributed by atoms with Gasteiger partial charge in [0.15, 0.2) is 0 Å². The van der Waals surface area contributed by atoms with Crippen LogP contribution in [0.4, 0.5) is 0 Å². The first-order valence-electron chi connectivity index (χ1n) is 7.36. The largest absolute Gasteiger partial charge is 0.395 e. The van der Waals surface area contributed by atoms with E-state index in [9.17, 15) is 5.11 Å². The molecule has 1 N–H and O–H groups in total. The molecule has 0 fully saturated rings. The van der Waals surface area contributed by atoms with Crippen LogP contribution >= 0.6 is 22.7 Å². The van der Waals surface area contributed by atoms with Crippen molar-refractivity contribution in [2.45, 2.75) is 12.3 Å². The molecule has 3 aromatic rings. The topological polar surface area (TPSA) is 36.4 Å². The minimum atomic E-state index is -0.0201. The van der Waals surface area contributed by atoms with Crippen molar-refractivity contribution >= 4 is 32.8 Å². The van der Waals surface area contributed by atoms with Crippen LogP contribution in [0.1, 0.15) is 21.4 Å². The number of thiazole rings is 1. The average molecular weight is 332 g/mol. The average Bonchev–Trinajstić information content (AvgIpc) is 3.15. The molecule has 0 saturated carbocycles. The van der Waals surface area contributed by atoms with Crippen molar-refractivity contribution < 1.29 is 5.11 Å². The van der Waals surface area contributed by atoms with Gasteiger partial charge in [0.25, 0.3) is 0 Å². The molecule has 3 rings (SSSR count). The Labute approximate surface area is 138 Å². The van der Waals surface area contributed by atoms with Crippen LogP contribution in [-0.2, 0) is 6.42 Å². The summed E-state index contributed by atoms with van der Waals surface area (Å²) in [5, 5.41) is 14.2. The normalized spacial score (nSPS) is 13.1. The van der Waals surface area contributed by atoms with Crippen LogP contribution in [0, 0.1) is 0 Å². The molecule has 3 nitrogen and oxygen atoms in total. The molecular weight excluding hydrogens is 312 g/mol. The number of benzene rings is 1. The monoisotopic (exact) mass is 332 g/mol. The summed E-state index contributed by atoms with van der Waals surface area (Å²) in [6.45, 7) is 1.11. The van der Waals surface area contributed by atoms with Gasteiger partial charge < -0.3 is 10.0 Å². The number of hydrogen-bond donors (Lipinski definition) is 1. The zero-order valence-electron chi connectivity index (χ0n) is 12.8. The minimum Gasteiger partial charge on any atom is -0.395 e. The van der Waals surface area contributed by atoms with Crippen molar-refractivity contribution in [3.8, 4) is 0 Å². The molecule has 0 amide bonds. The number of rotatable bonds is 6. The van der Waals surface area contributed by atoms with Crippen molar-refractivity contribution in [1.29, 1.82) is 0 Å². The molecular formula is C17H20N2OS2. The van der Waals surface area contributed by atoms with E-state index >= 15 is 0 Å². The van der Waals surface area contributed by atoms with Gasteiger partial charge in [-0.3, -0.25) is 0 Å². The quantitative estimate of drug-likeness (QED) is 0.749. The lowest BCUT2D eigenvalue weighted by molar-refractivity contribution is 0.280. The molecule has 0 saturated heterocycles. The van der Waals surface area contributed by atoms with Gasteiger partial charge in [-0.05, 0) is 37.5 Å². The van der Waals surface area contributed by atoms with Gasteiger partial charge in [0, 0.05) is 27.7 Å². The summed E-state index contributed by atoms with van der Waals surface area (Å²) < 4.78 is 1.29. The van der Waals surface area contributed by atoms with Crippen LogP contribution in [0.3, 0.4) is 0 Å². The SMILES string of the molecule is CN(C)CCc1sc2ccccc2c1C(CO)c1nccs1. The van der Waals surface area contributed by atoms with Crippen LogP contribution < -0.4 is 0 Å². The van der Waals surface area contributed by atoms with Crippen molar-refractivity contribution in [1.82, 2.24) is 9.88 Å². The molecule has 1 unspecified atom stereocenters. The maximum Gasteiger partial charge on any atom is 0.102 e. The van der Waals surface area contributed by atoms with E-state index in [1.165, 1.54) is 20.5 Å². The molecule has 2 heterocycles. The lowest BCUT2D eigenvalue weighted by Gasteiger charge is -2.15. The summed E-state index contributed by atoms with van der Waals surface area (Å²) >= 11 is 3.46. The fourth-order valence-electron chi connectivity index (χ4n) is 2.71. The molecule has 2 aromatic heterocycles. The standard InChI is InChI=1S/C17H20N2OS2/c1-19(2)9-7-15-16(12-5-3-4-6-14(12)22-15)13(11-20)17-18-8-10-21-17/h3-6,8,10,13,20H,7,9,11H2,1-2H3. The van der Waals surface area contributed by atoms with E-state index in [0.717, 1.165) is 18.0 Å². The maximum absolute atomic E-state index is 9.99. The molecule has 0 bridgehead atoms. The highest BCUT2D eigenvalue weighted by Crippen LogP contribution is 2.39. The number of fused-ring (bicyclic) bond motifs is 1. The smallest absolute Gasteiger partial charge is 0.102 e. The van der Waals surface area contributed by atoms with E-state index in [4.69, 9.17) is 0 Å². The summed E-state index contributed by atoms with van der Waals surface area (Å²) in [4.78, 5) is 8.00. The van der Waals surface area contributed by atoms with Gasteiger partial charge in [-0.2, -0.15) is 0 Å². The number of aromatic nitrogens is 1.